The Hall–Kier alpha value is -2.04. The summed E-state index contributed by atoms with van der Waals surface area (Å²) in [5.74, 6) is -0.0212. The van der Waals surface area contributed by atoms with Crippen LogP contribution in [0.4, 0.5) is 4.79 Å². The summed E-state index contributed by atoms with van der Waals surface area (Å²) in [6.45, 7) is 13.0. The highest BCUT2D eigenvalue weighted by molar-refractivity contribution is 5.86. The molecule has 1 aromatic carbocycles. The molecule has 0 aromatic heterocycles. The van der Waals surface area contributed by atoms with E-state index in [9.17, 15) is 9.59 Å². The van der Waals surface area contributed by atoms with Crippen molar-refractivity contribution in [3.05, 3.63) is 35.4 Å². The van der Waals surface area contributed by atoms with Crippen LogP contribution in [0.2, 0.25) is 0 Å². The van der Waals surface area contributed by atoms with Crippen LogP contribution in [0.3, 0.4) is 0 Å². The molecule has 0 unspecified atom stereocenters. The monoisotopic (exact) mass is 376 g/mol. The molecule has 0 bridgehead atoms. The number of rotatable bonds is 4. The highest BCUT2D eigenvalue weighted by Gasteiger charge is 2.29. The van der Waals surface area contributed by atoms with Crippen molar-refractivity contribution in [1.82, 2.24) is 10.2 Å². The highest BCUT2D eigenvalue weighted by Crippen LogP contribution is 2.14. The zero-order valence-corrected chi connectivity index (χ0v) is 17.8. The average Bonchev–Trinajstić information content (AvgIpc) is 2.61. The molecule has 1 aromatic rings. The van der Waals surface area contributed by atoms with Gasteiger partial charge in [-0.3, -0.25) is 4.79 Å². The molecule has 5 heteroatoms. The van der Waals surface area contributed by atoms with E-state index in [0.717, 1.165) is 43.5 Å². The molecule has 2 rings (SSSR count). The van der Waals surface area contributed by atoms with Crippen molar-refractivity contribution >= 4 is 12.0 Å². The van der Waals surface area contributed by atoms with Crippen LogP contribution in [0.5, 0.6) is 0 Å². The van der Waals surface area contributed by atoms with Crippen LogP contribution in [-0.4, -0.2) is 41.6 Å². The molecule has 1 saturated heterocycles. The van der Waals surface area contributed by atoms with E-state index >= 15 is 0 Å². The molecule has 1 N–H and O–H groups in total. The van der Waals surface area contributed by atoms with E-state index in [2.05, 4.69) is 5.32 Å². The summed E-state index contributed by atoms with van der Waals surface area (Å²) in [5, 5.41) is 2.79. The molecule has 0 radical (unpaired) electrons. The third-order valence-corrected chi connectivity index (χ3v) is 4.18. The quantitative estimate of drug-likeness (QED) is 0.843. The number of benzene rings is 1. The van der Waals surface area contributed by atoms with Gasteiger partial charge in [0.25, 0.3) is 0 Å². The fourth-order valence-corrected chi connectivity index (χ4v) is 3.06. The van der Waals surface area contributed by atoms with Crippen LogP contribution in [-0.2, 0) is 16.0 Å². The number of carbonyl (C=O) groups excluding carboxylic acids is 2. The fourth-order valence-electron chi connectivity index (χ4n) is 3.06. The molecule has 1 atom stereocenters. The van der Waals surface area contributed by atoms with Crippen LogP contribution in [0, 0.1) is 6.92 Å². The molecule has 0 saturated carbocycles. The van der Waals surface area contributed by atoms with E-state index in [1.54, 1.807) is 0 Å². The van der Waals surface area contributed by atoms with Gasteiger partial charge in [0.05, 0.1) is 0 Å². The van der Waals surface area contributed by atoms with E-state index in [1.165, 1.54) is 0 Å². The van der Waals surface area contributed by atoms with Crippen molar-refractivity contribution in [2.75, 3.05) is 13.1 Å². The maximum absolute atomic E-state index is 12.9. The maximum atomic E-state index is 12.9. The van der Waals surface area contributed by atoms with Gasteiger partial charge < -0.3 is 15.0 Å². The van der Waals surface area contributed by atoms with E-state index in [1.807, 2.05) is 70.7 Å². The molecule has 1 fully saturated rings. The Morgan fingerprint density at radius 3 is 2.33 bits per heavy atom. The largest absolute Gasteiger partial charge is 0.444 e. The van der Waals surface area contributed by atoms with Gasteiger partial charge in [-0.05, 0) is 52.5 Å². The summed E-state index contributed by atoms with van der Waals surface area (Å²) in [7, 11) is 0. The van der Waals surface area contributed by atoms with Crippen molar-refractivity contribution < 1.29 is 14.3 Å². The number of nitrogens with one attached hydrogen (secondary N) is 1. The van der Waals surface area contributed by atoms with Gasteiger partial charge in [-0.15, -0.1) is 0 Å². The van der Waals surface area contributed by atoms with Gasteiger partial charge in [-0.1, -0.05) is 43.7 Å². The lowest BCUT2D eigenvalue weighted by molar-refractivity contribution is -0.134. The molecule has 1 heterocycles. The van der Waals surface area contributed by atoms with Crippen LogP contribution in [0.15, 0.2) is 24.3 Å². The lowest BCUT2D eigenvalue weighted by Crippen LogP contribution is -2.51. The third kappa shape index (κ3) is 8.46. The van der Waals surface area contributed by atoms with Gasteiger partial charge in [0.15, 0.2) is 0 Å². The summed E-state index contributed by atoms with van der Waals surface area (Å²) in [6.07, 6.45) is 3.13. The second kappa shape index (κ2) is 11.0. The number of piperidine rings is 1. The Labute approximate surface area is 164 Å². The molecule has 27 heavy (non-hydrogen) atoms. The second-order valence-corrected chi connectivity index (χ2v) is 7.78. The number of carbonyl (C=O) groups is 2. The van der Waals surface area contributed by atoms with Crippen LogP contribution >= 0.6 is 0 Å². The molecule has 2 amide bonds. The van der Waals surface area contributed by atoms with E-state index in [-0.39, 0.29) is 5.91 Å². The summed E-state index contributed by atoms with van der Waals surface area (Å²) in [4.78, 5) is 27.0. The van der Waals surface area contributed by atoms with Crippen molar-refractivity contribution in [1.29, 1.82) is 0 Å². The standard InChI is InChI=1S/C20H30N2O3.C2H6/c1-15-9-8-10-16(13-15)14-17(21-19(24)25-20(2,3)4)18(23)22-11-6-5-7-12-22;1-2/h8-10,13,17H,5-7,11-12,14H2,1-4H3,(H,21,24);1-2H3/t17-;/m0./s1. The smallest absolute Gasteiger partial charge is 0.408 e. The highest BCUT2D eigenvalue weighted by atomic mass is 16.6. The molecular formula is C22H36N2O3. The second-order valence-electron chi connectivity index (χ2n) is 7.78. The number of hydrogen-bond acceptors (Lipinski definition) is 3. The molecule has 152 valence electrons. The van der Waals surface area contributed by atoms with Gasteiger partial charge in [-0.2, -0.15) is 0 Å². The van der Waals surface area contributed by atoms with Crippen molar-refractivity contribution in [2.45, 2.75) is 78.9 Å². The van der Waals surface area contributed by atoms with E-state index < -0.39 is 17.7 Å². The summed E-state index contributed by atoms with van der Waals surface area (Å²) in [5.41, 5.74) is 1.58. The topological polar surface area (TPSA) is 58.6 Å². The first-order chi connectivity index (χ1) is 12.7. The first kappa shape index (κ1) is 23.0. The minimum atomic E-state index is -0.602. The van der Waals surface area contributed by atoms with Crippen molar-refractivity contribution in [2.24, 2.45) is 0 Å². The minimum Gasteiger partial charge on any atom is -0.444 e. The Morgan fingerprint density at radius 2 is 1.78 bits per heavy atom. The Bertz CT molecular complexity index is 602. The Balaban J connectivity index is 0.00000176. The first-order valence-corrected chi connectivity index (χ1v) is 10.1. The summed E-state index contributed by atoms with van der Waals surface area (Å²) >= 11 is 0. The Kier molecular flexibility index (Phi) is 9.33. The number of alkyl carbamates (subject to hydrolysis) is 1. The number of aryl methyl sites for hydroxylation is 1. The molecule has 0 spiro atoms. The number of hydrogen-bond donors (Lipinski definition) is 1. The lowest BCUT2D eigenvalue weighted by atomic mass is 10.0. The molecule has 0 aliphatic carbocycles. The summed E-state index contributed by atoms with van der Waals surface area (Å²) < 4.78 is 5.35. The molecular weight excluding hydrogens is 340 g/mol. The predicted octanol–water partition coefficient (Wildman–Crippen LogP) is 4.47. The predicted molar refractivity (Wildman–Crippen MR) is 110 cm³/mol. The van der Waals surface area contributed by atoms with E-state index in [4.69, 9.17) is 4.74 Å². The summed E-state index contributed by atoms with van der Waals surface area (Å²) in [6, 6.07) is 7.43. The third-order valence-electron chi connectivity index (χ3n) is 4.18. The van der Waals surface area contributed by atoms with Crippen molar-refractivity contribution in [3.63, 3.8) is 0 Å². The maximum Gasteiger partial charge on any atom is 0.408 e. The Morgan fingerprint density at radius 1 is 1.15 bits per heavy atom. The number of amides is 2. The number of ether oxygens (including phenoxy) is 1. The molecule has 5 nitrogen and oxygen atoms in total. The van der Waals surface area contributed by atoms with Gasteiger partial charge >= 0.3 is 6.09 Å². The molecule has 1 aliphatic heterocycles. The normalized spacial score (nSPS) is 15.3. The number of nitrogens with zero attached hydrogens (tertiary/aromatic N) is 1. The van der Waals surface area contributed by atoms with Gasteiger partial charge in [-0.25, -0.2) is 4.79 Å². The van der Waals surface area contributed by atoms with Gasteiger partial charge in [0, 0.05) is 19.5 Å². The zero-order chi connectivity index (χ0) is 20.4. The van der Waals surface area contributed by atoms with Gasteiger partial charge in [0.1, 0.15) is 11.6 Å². The SMILES string of the molecule is CC.Cc1cccc(C[C@H](NC(=O)OC(C)(C)C)C(=O)N2CCCCC2)c1. The van der Waals surface area contributed by atoms with Crippen LogP contribution in [0.1, 0.15) is 65.0 Å². The first-order valence-electron chi connectivity index (χ1n) is 10.1. The van der Waals surface area contributed by atoms with Gasteiger partial charge in [0.2, 0.25) is 5.91 Å². The van der Waals surface area contributed by atoms with Crippen LogP contribution < -0.4 is 5.32 Å². The molecule has 1 aliphatic rings. The minimum absolute atomic E-state index is 0.0212. The van der Waals surface area contributed by atoms with Crippen LogP contribution in [0.25, 0.3) is 0 Å². The van der Waals surface area contributed by atoms with E-state index in [0.29, 0.717) is 6.42 Å². The zero-order valence-electron chi connectivity index (χ0n) is 17.8. The fraction of sp³-hybridized carbons (Fsp3) is 0.636. The van der Waals surface area contributed by atoms with Crippen molar-refractivity contribution in [3.8, 4) is 0 Å². The lowest BCUT2D eigenvalue weighted by Gasteiger charge is -2.31. The average molecular weight is 377 g/mol. The number of likely N-dealkylation sites (tertiary alicyclic amines) is 1.